The number of aromatic carboxylic acids is 2. The molecule has 0 amide bonds. The number of rotatable bonds is 13. The Bertz CT molecular complexity index is 6560. The summed E-state index contributed by atoms with van der Waals surface area (Å²) in [7, 11) is 0. The van der Waals surface area contributed by atoms with Crippen LogP contribution in [0.15, 0.2) is 395 Å². The second kappa shape index (κ2) is 68.9. The largest absolute Gasteiger partial charge is 0.512 e. The van der Waals surface area contributed by atoms with Crippen LogP contribution in [0.5, 0.6) is 0 Å². The molecule has 0 saturated carbocycles. The Morgan fingerprint density at radius 2 is 0.678 bits per heavy atom. The van der Waals surface area contributed by atoms with Crippen LogP contribution in [-0.4, -0.2) is 104 Å². The Morgan fingerprint density at radius 3 is 0.979 bits per heavy atom. The molecule has 0 aliphatic rings. The molecule has 0 unspecified atom stereocenters. The number of nitrogens with zero attached hydrogens (tertiary/aromatic N) is 13. The molecule has 18 aromatic rings. The number of aliphatic hydroxyl groups is 2. The summed E-state index contributed by atoms with van der Waals surface area (Å²) in [5.41, 5.74) is 12.0. The molecule has 762 valence electrons. The predicted octanol–water partition coefficient (Wildman–Crippen LogP) is 25.0. The normalized spacial score (nSPS) is 9.99. The fraction of sp³-hybridized carbons (Fsp3) is 0.0642. The van der Waals surface area contributed by atoms with Gasteiger partial charge in [-0.15, -0.1) is 161 Å². The quantitative estimate of drug-likeness (QED) is 0.0361. The molecular formula is C109H82F10Ir6N13O8-7. The van der Waals surface area contributed by atoms with Crippen LogP contribution in [-0.2, 0) is 143 Å². The van der Waals surface area contributed by atoms with Gasteiger partial charge >= 0.3 is 24.3 Å². The van der Waals surface area contributed by atoms with Crippen molar-refractivity contribution in [2.75, 3.05) is 0 Å². The Kier molecular flexibility index (Phi) is 60.3. The molecule has 0 bridgehead atoms. The van der Waals surface area contributed by atoms with Gasteiger partial charge in [0.2, 0.25) is 0 Å². The molecule has 10 aromatic heterocycles. The summed E-state index contributed by atoms with van der Waals surface area (Å²) in [6.07, 6.45) is 7.77. The number of carboxylic acid groups (broad SMARTS) is 2. The van der Waals surface area contributed by atoms with E-state index in [1.54, 1.807) is 135 Å². The monoisotopic (exact) mass is 3050 g/mol. The predicted molar refractivity (Wildman–Crippen MR) is 509 cm³/mol. The SMILES string of the molecule is CC(=O)C=C(C)O.CC(=O)C=C(C)O.Cc1cc(-c2ccccn2)[c-]c(C(F)(F)F)c1.FC(F)(F)c1n[n-]c(-c2ccccn2)n1.Fc1c[c-]c(-c2ccccn2)c(F)c1.Fc1c[c-]c(-c2ccccn2)c(F)c1.O=C(O)c1ccccn1.O=C(O)c1ccccn1.[Ir].[Ir].[Ir].[Ir].[Ir].[Ir].[c-]1ccccc1-c1ccccn1.[c-]1ccccc1-c1ccccn1.[c-]1ccccc1-c1ncc(-c2ccccc2)nc1-c1ccccc1. The summed E-state index contributed by atoms with van der Waals surface area (Å²) in [6.45, 7) is 7.32. The first kappa shape index (κ1) is 128. The van der Waals surface area contributed by atoms with Crippen LogP contribution in [0.2, 0.25) is 0 Å². The third-order valence-electron chi connectivity index (χ3n) is 17.2. The molecular weight excluding hydrogens is 2960 g/mol. The van der Waals surface area contributed by atoms with E-state index in [0.29, 0.717) is 28.2 Å². The maximum Gasteiger partial charge on any atom is 0.429 e. The minimum absolute atomic E-state index is 0. The summed E-state index contributed by atoms with van der Waals surface area (Å²) in [5, 5.41) is 39.6. The van der Waals surface area contributed by atoms with Crippen molar-refractivity contribution in [2.45, 2.75) is 47.0 Å². The van der Waals surface area contributed by atoms with Gasteiger partial charge in [0.25, 0.3) is 0 Å². The molecule has 8 aromatic carbocycles. The zero-order chi connectivity index (χ0) is 101. The Hall–Kier alpha value is -14.3. The number of benzene rings is 8. The molecule has 6 radical (unpaired) electrons. The number of hydrogen-bond donors (Lipinski definition) is 4. The molecule has 4 N–H and O–H groups in total. The number of alkyl halides is 6. The molecule has 10 heterocycles. The van der Waals surface area contributed by atoms with Crippen molar-refractivity contribution in [3.63, 3.8) is 0 Å². The van der Waals surface area contributed by atoms with E-state index in [2.05, 4.69) is 104 Å². The first-order chi connectivity index (χ1) is 67.3. The number of halogens is 10. The smallest absolute Gasteiger partial charge is 0.429 e. The van der Waals surface area contributed by atoms with E-state index < -0.39 is 58.9 Å². The molecule has 0 saturated heterocycles. The summed E-state index contributed by atoms with van der Waals surface area (Å²) >= 11 is 0. The van der Waals surface area contributed by atoms with E-state index in [1.165, 1.54) is 76.6 Å². The van der Waals surface area contributed by atoms with E-state index in [9.17, 15) is 63.1 Å². The van der Waals surface area contributed by atoms with Gasteiger partial charge in [-0.05, 0) is 140 Å². The van der Waals surface area contributed by atoms with Gasteiger partial charge in [0.15, 0.2) is 11.6 Å². The summed E-state index contributed by atoms with van der Waals surface area (Å²) in [5.74, 6) is -6.05. The van der Waals surface area contributed by atoms with Crippen molar-refractivity contribution in [2.24, 2.45) is 0 Å². The van der Waals surface area contributed by atoms with Crippen LogP contribution in [0.25, 0.3) is 102 Å². The summed E-state index contributed by atoms with van der Waals surface area (Å²) < 4.78 is 126. The van der Waals surface area contributed by atoms with Crippen LogP contribution in [0, 0.1) is 66.6 Å². The van der Waals surface area contributed by atoms with Crippen molar-refractivity contribution >= 4 is 23.5 Å². The molecule has 146 heavy (non-hydrogen) atoms. The van der Waals surface area contributed by atoms with Crippen LogP contribution >= 0.6 is 0 Å². The van der Waals surface area contributed by atoms with Crippen LogP contribution in [0.3, 0.4) is 0 Å². The van der Waals surface area contributed by atoms with Crippen molar-refractivity contribution in [3.05, 3.63) is 483 Å². The van der Waals surface area contributed by atoms with Crippen molar-refractivity contribution in [3.8, 4) is 102 Å². The fourth-order valence-corrected chi connectivity index (χ4v) is 11.2. The summed E-state index contributed by atoms with van der Waals surface area (Å²) in [6, 6.07) is 109. The molecule has 21 nitrogen and oxygen atoms in total. The average Bonchev–Trinajstić information content (AvgIpc) is 0.960. The Morgan fingerprint density at radius 1 is 0.336 bits per heavy atom. The van der Waals surface area contributed by atoms with E-state index in [0.717, 1.165) is 86.6 Å². The van der Waals surface area contributed by atoms with Gasteiger partial charge in [-0.1, -0.05) is 170 Å². The maximum atomic E-state index is 13.2. The minimum atomic E-state index is -4.57. The molecule has 0 spiro atoms. The average molecular weight is 3050 g/mol. The zero-order valence-electron chi connectivity index (χ0n) is 76.9. The van der Waals surface area contributed by atoms with Gasteiger partial charge in [0.05, 0.1) is 28.6 Å². The first-order valence-corrected chi connectivity index (χ1v) is 41.5. The van der Waals surface area contributed by atoms with Crippen LogP contribution in [0.1, 0.15) is 65.6 Å². The molecule has 18 rings (SSSR count). The Balaban J connectivity index is 0.000000550. The van der Waals surface area contributed by atoms with Crippen molar-refractivity contribution in [1.29, 1.82) is 0 Å². The second-order valence-corrected chi connectivity index (χ2v) is 28.2. The number of carbonyl (C=O) groups excluding carboxylic acids is 2. The first-order valence-electron chi connectivity index (χ1n) is 41.5. The van der Waals surface area contributed by atoms with Gasteiger partial charge < -0.3 is 60.4 Å². The minimum Gasteiger partial charge on any atom is -0.512 e. The topological polar surface area (TPSA) is 318 Å². The van der Waals surface area contributed by atoms with Crippen LogP contribution < -0.4 is 5.10 Å². The third kappa shape index (κ3) is 47.1. The molecule has 0 aliphatic heterocycles. The van der Waals surface area contributed by atoms with Gasteiger partial charge in [-0.25, -0.2) is 19.6 Å². The zero-order valence-corrected chi connectivity index (χ0v) is 91.3. The van der Waals surface area contributed by atoms with Gasteiger partial charge in [-0.3, -0.25) is 42.2 Å². The van der Waals surface area contributed by atoms with Crippen LogP contribution in [0.4, 0.5) is 43.9 Å². The number of carboxylic acids is 2. The number of aromatic nitrogens is 13. The number of allylic oxidation sites excluding steroid dienone is 4. The van der Waals surface area contributed by atoms with Gasteiger partial charge in [0.1, 0.15) is 17.2 Å². The molecule has 0 atom stereocenters. The molecule has 0 aliphatic carbocycles. The maximum absolute atomic E-state index is 13.2. The van der Waals surface area contributed by atoms with Gasteiger partial charge in [-0.2, -0.15) is 26.3 Å². The van der Waals surface area contributed by atoms with Crippen molar-refractivity contribution in [1.82, 2.24) is 65.0 Å². The number of ketones is 2. The molecule has 37 heteroatoms. The standard InChI is InChI=1S/C22H15N2.C13H9F3N.2C11H6F2N.2C11H8N.C8H4F3N4.2C6H5NO2.2C5H8O2.6Ir/c1-4-10-17(11-5-1)20-16-23-21(18-12-6-2-7-13-18)22(24-20)19-14-8-3-9-15-19;1-9-6-10(12-4-2-3-5-17-12)8-11(7-9)13(14,15)16;2*12-8-4-5-9(10(13)7-8)11-3-1-2-6-14-11;2*1-2-6-10(7-3-1)11-8-4-5-9-12-11;9-8(10,11)7-13-6(14-15-7)5-3-1-2-4-12-5;2*8-6(9)5-3-1-2-4-7-5;2*1-4(6)3-5(2)7;;;;;;/h1-12,14-16H;2-7H,1H3;2*1-4,6-7H;2*1-6,8-9H;1-4H;2*1-4H,(H,8,9);2*3,6H,1-2H3;;;;;;/q7*-1;;;;;;;;;;. The van der Waals surface area contributed by atoms with E-state index >= 15 is 0 Å². The number of hydrogen-bond acceptors (Lipinski definition) is 18. The number of aryl methyl sites for hydroxylation is 1. The number of carbonyl (C=O) groups is 4. The fourth-order valence-electron chi connectivity index (χ4n) is 11.2. The Labute approximate surface area is 916 Å². The van der Waals surface area contributed by atoms with E-state index in [1.807, 2.05) is 164 Å². The number of pyridine rings is 8. The van der Waals surface area contributed by atoms with Gasteiger partial charge in [0, 0.05) is 223 Å². The third-order valence-corrected chi connectivity index (χ3v) is 17.2. The number of aliphatic hydroxyl groups excluding tert-OH is 2. The van der Waals surface area contributed by atoms with Crippen molar-refractivity contribution < 1.29 is 204 Å². The van der Waals surface area contributed by atoms with E-state index in [-0.39, 0.29) is 178 Å². The molecule has 0 fully saturated rings. The van der Waals surface area contributed by atoms with E-state index in [4.69, 9.17) is 30.4 Å². The summed E-state index contributed by atoms with van der Waals surface area (Å²) in [4.78, 5) is 84.5. The second-order valence-electron chi connectivity index (χ2n) is 28.2.